The van der Waals surface area contributed by atoms with E-state index in [0.717, 1.165) is 18.1 Å². The summed E-state index contributed by atoms with van der Waals surface area (Å²) >= 11 is 5.98. The molecule has 0 spiro atoms. The molecule has 0 unspecified atom stereocenters. The molecule has 0 saturated carbocycles. The largest absolute Gasteiger partial charge is 0.309 e. The van der Waals surface area contributed by atoms with Crippen LogP contribution in [0.5, 0.6) is 0 Å². The molecule has 0 aliphatic heterocycles. The molecule has 0 aromatic heterocycles. The summed E-state index contributed by atoms with van der Waals surface area (Å²) in [6.07, 6.45) is 3.82. The highest BCUT2D eigenvalue weighted by Gasteiger charge is 2.10. The fourth-order valence-corrected chi connectivity index (χ4v) is 2.95. The Morgan fingerprint density at radius 3 is 2.53 bits per heavy atom. The first kappa shape index (κ1) is 12.7. The number of hydrogen-bond donors (Lipinski definition) is 1. The average molecular weight is 272 g/mol. The highest BCUT2D eigenvalue weighted by molar-refractivity contribution is 6.30. The van der Waals surface area contributed by atoms with Crippen molar-refractivity contribution in [3.8, 4) is 0 Å². The second-order valence-electron chi connectivity index (χ2n) is 5.19. The molecule has 98 valence electrons. The van der Waals surface area contributed by atoms with E-state index in [1.54, 1.807) is 11.1 Å². The fourth-order valence-electron chi connectivity index (χ4n) is 2.73. The number of benzene rings is 2. The van der Waals surface area contributed by atoms with E-state index in [2.05, 4.69) is 29.6 Å². The lowest BCUT2D eigenvalue weighted by Gasteiger charge is -2.07. The van der Waals surface area contributed by atoms with Crippen LogP contribution in [0.4, 0.5) is 0 Å². The van der Waals surface area contributed by atoms with Crippen molar-refractivity contribution in [1.29, 1.82) is 0 Å². The van der Waals surface area contributed by atoms with E-state index in [4.69, 9.17) is 11.6 Å². The summed E-state index contributed by atoms with van der Waals surface area (Å²) in [4.78, 5) is 0. The molecule has 2 aromatic carbocycles. The van der Waals surface area contributed by atoms with Crippen LogP contribution in [0.1, 0.15) is 28.7 Å². The molecule has 3 rings (SSSR count). The minimum atomic E-state index is 0.803. The number of hydrogen-bond acceptors (Lipinski definition) is 1. The van der Waals surface area contributed by atoms with Crippen molar-refractivity contribution >= 4 is 11.6 Å². The molecule has 19 heavy (non-hydrogen) atoms. The molecule has 0 saturated heterocycles. The van der Waals surface area contributed by atoms with Gasteiger partial charge in [0, 0.05) is 18.1 Å². The topological polar surface area (TPSA) is 12.0 Å². The molecular formula is C17H18ClN. The lowest BCUT2D eigenvalue weighted by Crippen LogP contribution is -2.12. The van der Waals surface area contributed by atoms with Gasteiger partial charge in [0.15, 0.2) is 0 Å². The van der Waals surface area contributed by atoms with Crippen molar-refractivity contribution < 1.29 is 0 Å². The van der Waals surface area contributed by atoms with Crippen molar-refractivity contribution in [3.05, 3.63) is 69.7 Å². The van der Waals surface area contributed by atoms with Crippen LogP contribution in [0, 0.1) is 0 Å². The second-order valence-corrected chi connectivity index (χ2v) is 5.63. The van der Waals surface area contributed by atoms with Crippen LogP contribution >= 0.6 is 11.6 Å². The summed E-state index contributed by atoms with van der Waals surface area (Å²) in [5.74, 6) is 0. The molecule has 1 aliphatic carbocycles. The van der Waals surface area contributed by atoms with Crippen LogP contribution < -0.4 is 5.32 Å². The van der Waals surface area contributed by atoms with Gasteiger partial charge in [-0.05, 0) is 53.6 Å². The molecule has 0 heterocycles. The molecular weight excluding hydrogens is 254 g/mol. The first-order chi connectivity index (χ1) is 9.31. The van der Waals surface area contributed by atoms with Gasteiger partial charge in [0.05, 0.1) is 0 Å². The molecule has 2 aromatic rings. The van der Waals surface area contributed by atoms with Gasteiger partial charge in [-0.3, -0.25) is 0 Å². The van der Waals surface area contributed by atoms with Crippen LogP contribution in [0.15, 0.2) is 42.5 Å². The lowest BCUT2D eigenvalue weighted by atomic mass is 10.1. The minimum absolute atomic E-state index is 0.803. The predicted molar refractivity (Wildman–Crippen MR) is 80.5 cm³/mol. The maximum Gasteiger partial charge on any atom is 0.0409 e. The van der Waals surface area contributed by atoms with E-state index in [1.807, 2.05) is 18.2 Å². The number of nitrogens with one attached hydrogen (secondary N) is 1. The van der Waals surface area contributed by atoms with Crippen LogP contribution in [0.3, 0.4) is 0 Å². The first-order valence-corrected chi connectivity index (χ1v) is 7.25. The van der Waals surface area contributed by atoms with Gasteiger partial charge >= 0.3 is 0 Å². The zero-order valence-corrected chi connectivity index (χ0v) is 11.7. The van der Waals surface area contributed by atoms with Crippen LogP contribution in [0.2, 0.25) is 5.02 Å². The standard InChI is InChI=1S/C17H18ClN/c18-17-6-1-3-13(10-17)11-19-12-14-7-8-15-4-2-5-16(15)9-14/h1,3,6-10,19H,2,4-5,11-12H2. The third-order valence-corrected chi connectivity index (χ3v) is 3.95. The predicted octanol–water partition coefficient (Wildman–Crippen LogP) is 4.12. The Labute approximate surface area is 119 Å². The van der Waals surface area contributed by atoms with E-state index in [0.29, 0.717) is 0 Å². The first-order valence-electron chi connectivity index (χ1n) is 6.87. The van der Waals surface area contributed by atoms with Gasteiger partial charge < -0.3 is 5.32 Å². The van der Waals surface area contributed by atoms with Gasteiger partial charge in [0.25, 0.3) is 0 Å². The zero-order chi connectivity index (χ0) is 13.1. The van der Waals surface area contributed by atoms with Crippen LogP contribution in [-0.2, 0) is 25.9 Å². The Hall–Kier alpha value is -1.31. The van der Waals surface area contributed by atoms with Crippen LogP contribution in [0.25, 0.3) is 0 Å². The Morgan fingerprint density at radius 2 is 1.68 bits per heavy atom. The summed E-state index contributed by atoms with van der Waals surface area (Å²) < 4.78 is 0. The summed E-state index contributed by atoms with van der Waals surface area (Å²) in [6, 6.07) is 14.9. The maximum atomic E-state index is 5.98. The lowest BCUT2D eigenvalue weighted by molar-refractivity contribution is 0.693. The van der Waals surface area contributed by atoms with Gasteiger partial charge in [0.1, 0.15) is 0 Å². The number of rotatable bonds is 4. The van der Waals surface area contributed by atoms with E-state index in [-0.39, 0.29) is 0 Å². The summed E-state index contributed by atoms with van der Waals surface area (Å²) in [7, 11) is 0. The molecule has 2 heteroatoms. The molecule has 0 bridgehead atoms. The smallest absolute Gasteiger partial charge is 0.0409 e. The van der Waals surface area contributed by atoms with E-state index < -0.39 is 0 Å². The van der Waals surface area contributed by atoms with Crippen molar-refractivity contribution in [2.75, 3.05) is 0 Å². The van der Waals surface area contributed by atoms with Crippen molar-refractivity contribution in [3.63, 3.8) is 0 Å². The Kier molecular flexibility index (Phi) is 3.86. The molecule has 1 nitrogen and oxygen atoms in total. The van der Waals surface area contributed by atoms with Gasteiger partial charge in [-0.2, -0.15) is 0 Å². The summed E-state index contributed by atoms with van der Waals surface area (Å²) in [6.45, 7) is 1.78. The third kappa shape index (κ3) is 3.17. The Balaban J connectivity index is 1.58. The third-order valence-electron chi connectivity index (χ3n) is 3.71. The molecule has 0 amide bonds. The molecule has 0 atom stereocenters. The number of aryl methyl sites for hydroxylation is 2. The second kappa shape index (κ2) is 5.77. The number of halogens is 1. The monoisotopic (exact) mass is 271 g/mol. The summed E-state index contributed by atoms with van der Waals surface area (Å²) in [5, 5.41) is 4.28. The Bertz CT molecular complexity index is 577. The van der Waals surface area contributed by atoms with Gasteiger partial charge in [-0.1, -0.05) is 41.9 Å². The van der Waals surface area contributed by atoms with Crippen molar-refractivity contribution in [2.45, 2.75) is 32.4 Å². The van der Waals surface area contributed by atoms with Crippen molar-refractivity contribution in [1.82, 2.24) is 5.32 Å². The molecule has 1 N–H and O–H groups in total. The highest BCUT2D eigenvalue weighted by atomic mass is 35.5. The SMILES string of the molecule is Clc1cccc(CNCc2ccc3c(c2)CCC3)c1. The minimum Gasteiger partial charge on any atom is -0.309 e. The quantitative estimate of drug-likeness (QED) is 0.882. The van der Waals surface area contributed by atoms with Crippen molar-refractivity contribution in [2.24, 2.45) is 0 Å². The summed E-state index contributed by atoms with van der Waals surface area (Å²) in [5.41, 5.74) is 5.69. The number of fused-ring (bicyclic) bond motifs is 1. The normalized spacial score (nSPS) is 13.5. The zero-order valence-electron chi connectivity index (χ0n) is 11.0. The molecule has 1 aliphatic rings. The average Bonchev–Trinajstić information content (AvgIpc) is 2.86. The van der Waals surface area contributed by atoms with Gasteiger partial charge in [-0.15, -0.1) is 0 Å². The fraction of sp³-hybridized carbons (Fsp3) is 0.294. The van der Waals surface area contributed by atoms with E-state index in [9.17, 15) is 0 Å². The maximum absolute atomic E-state index is 5.98. The highest BCUT2D eigenvalue weighted by Crippen LogP contribution is 2.22. The van der Waals surface area contributed by atoms with Crippen LogP contribution in [-0.4, -0.2) is 0 Å². The van der Waals surface area contributed by atoms with E-state index in [1.165, 1.54) is 30.4 Å². The molecule has 0 fully saturated rings. The molecule has 0 radical (unpaired) electrons. The Morgan fingerprint density at radius 1 is 0.895 bits per heavy atom. The van der Waals surface area contributed by atoms with Gasteiger partial charge in [-0.25, -0.2) is 0 Å². The van der Waals surface area contributed by atoms with Gasteiger partial charge in [0.2, 0.25) is 0 Å². The van der Waals surface area contributed by atoms with E-state index >= 15 is 0 Å².